The number of carbonyl (C=O) groups is 1. The Morgan fingerprint density at radius 2 is 1.79 bits per heavy atom. The van der Waals surface area contributed by atoms with E-state index in [1.807, 2.05) is 6.92 Å². The van der Waals surface area contributed by atoms with Gasteiger partial charge in [0.15, 0.2) is 23.4 Å². The molecule has 162 valence electrons. The molecule has 0 saturated carbocycles. The predicted octanol–water partition coefficient (Wildman–Crippen LogP) is 2.86. The van der Waals surface area contributed by atoms with E-state index in [0.717, 1.165) is 38.2 Å². The lowest BCUT2D eigenvalue weighted by Crippen LogP contribution is -2.39. The Bertz CT molecular complexity index is 691. The number of halogens is 3. The highest BCUT2D eigenvalue weighted by atomic mass is 19.2. The molecule has 1 aliphatic rings. The second-order valence-corrected chi connectivity index (χ2v) is 7.00. The van der Waals surface area contributed by atoms with Gasteiger partial charge in [-0.2, -0.15) is 0 Å². The van der Waals surface area contributed by atoms with Crippen molar-refractivity contribution >= 4 is 17.6 Å². The molecule has 1 aliphatic heterocycles. The molecule has 1 aromatic rings. The van der Waals surface area contributed by atoms with Gasteiger partial charge in [0.05, 0.1) is 5.69 Å². The molecule has 0 unspecified atom stereocenters. The lowest BCUT2D eigenvalue weighted by molar-refractivity contribution is -0.114. The number of hydrogen-bond acceptors (Lipinski definition) is 3. The quantitative estimate of drug-likeness (QED) is 0.265. The third-order valence-corrected chi connectivity index (χ3v) is 4.68. The van der Waals surface area contributed by atoms with Crippen molar-refractivity contribution in [2.24, 2.45) is 4.99 Å². The van der Waals surface area contributed by atoms with Crippen LogP contribution in [0.4, 0.5) is 18.9 Å². The van der Waals surface area contributed by atoms with Gasteiger partial charge in [-0.25, -0.2) is 18.2 Å². The number of guanidine groups is 1. The SMILES string of the molecule is CCNC(=NCC(=O)Nc1ccc(F)c(F)c1F)NCCCN1CCCCCC1. The lowest BCUT2D eigenvalue weighted by Gasteiger charge is -2.20. The molecule has 1 saturated heterocycles. The van der Waals surface area contributed by atoms with Gasteiger partial charge in [0, 0.05) is 13.1 Å². The molecule has 3 N–H and O–H groups in total. The molecule has 1 aromatic carbocycles. The highest BCUT2D eigenvalue weighted by molar-refractivity contribution is 5.94. The first-order chi connectivity index (χ1) is 14.0. The minimum absolute atomic E-state index is 0.278. The fourth-order valence-electron chi connectivity index (χ4n) is 3.17. The van der Waals surface area contributed by atoms with Crippen molar-refractivity contribution in [2.75, 3.05) is 44.6 Å². The molecule has 29 heavy (non-hydrogen) atoms. The van der Waals surface area contributed by atoms with Crippen LogP contribution in [0.25, 0.3) is 0 Å². The van der Waals surface area contributed by atoms with Crippen LogP contribution in [-0.2, 0) is 4.79 Å². The maximum atomic E-state index is 13.6. The van der Waals surface area contributed by atoms with Crippen molar-refractivity contribution in [1.29, 1.82) is 0 Å². The molecular formula is C20H30F3N5O. The van der Waals surface area contributed by atoms with E-state index < -0.39 is 29.0 Å². The first-order valence-electron chi connectivity index (χ1n) is 10.2. The summed E-state index contributed by atoms with van der Waals surface area (Å²) in [6.07, 6.45) is 6.08. The van der Waals surface area contributed by atoms with E-state index in [0.29, 0.717) is 19.0 Å². The summed E-state index contributed by atoms with van der Waals surface area (Å²) in [4.78, 5) is 18.6. The summed E-state index contributed by atoms with van der Waals surface area (Å²) in [7, 11) is 0. The van der Waals surface area contributed by atoms with E-state index in [1.54, 1.807) is 0 Å². The van der Waals surface area contributed by atoms with E-state index in [1.165, 1.54) is 25.7 Å². The van der Waals surface area contributed by atoms with E-state index in [-0.39, 0.29) is 6.54 Å². The molecule has 1 amide bonds. The summed E-state index contributed by atoms with van der Waals surface area (Å²) in [6.45, 7) is 6.27. The number of aliphatic imine (C=N–C) groups is 1. The second-order valence-electron chi connectivity index (χ2n) is 7.00. The number of likely N-dealkylation sites (tertiary alicyclic amines) is 1. The van der Waals surface area contributed by atoms with E-state index in [9.17, 15) is 18.0 Å². The van der Waals surface area contributed by atoms with Gasteiger partial charge in [0.2, 0.25) is 5.91 Å². The van der Waals surface area contributed by atoms with Crippen molar-refractivity contribution in [1.82, 2.24) is 15.5 Å². The van der Waals surface area contributed by atoms with Crippen LogP contribution >= 0.6 is 0 Å². The molecule has 0 bridgehead atoms. The zero-order chi connectivity index (χ0) is 21.1. The van der Waals surface area contributed by atoms with Crippen molar-refractivity contribution in [3.8, 4) is 0 Å². The van der Waals surface area contributed by atoms with Gasteiger partial charge < -0.3 is 20.9 Å². The third kappa shape index (κ3) is 7.92. The third-order valence-electron chi connectivity index (χ3n) is 4.68. The standard InChI is InChI=1S/C20H30F3N5O/c1-2-24-20(25-10-7-13-28-11-5-3-4-6-12-28)26-14-17(29)27-16-9-8-15(21)18(22)19(16)23/h8-9H,2-7,10-14H2,1H3,(H,27,29)(H2,24,25,26). The molecular weight excluding hydrogens is 383 g/mol. The Balaban J connectivity index is 1.78. The monoisotopic (exact) mass is 413 g/mol. The smallest absolute Gasteiger partial charge is 0.246 e. The maximum Gasteiger partial charge on any atom is 0.246 e. The number of amides is 1. The number of anilines is 1. The van der Waals surface area contributed by atoms with Crippen LogP contribution in [0.1, 0.15) is 39.0 Å². The van der Waals surface area contributed by atoms with Crippen molar-refractivity contribution in [3.63, 3.8) is 0 Å². The summed E-state index contributed by atoms with van der Waals surface area (Å²) in [5.41, 5.74) is -0.417. The van der Waals surface area contributed by atoms with Gasteiger partial charge in [-0.3, -0.25) is 4.79 Å². The summed E-state index contributed by atoms with van der Waals surface area (Å²) in [6, 6.07) is 1.73. The highest BCUT2D eigenvalue weighted by Gasteiger charge is 2.15. The Kier molecular flexibility index (Phi) is 9.76. The average molecular weight is 413 g/mol. The fourth-order valence-corrected chi connectivity index (χ4v) is 3.17. The zero-order valence-electron chi connectivity index (χ0n) is 16.9. The minimum Gasteiger partial charge on any atom is -0.357 e. The normalized spacial score (nSPS) is 15.7. The van der Waals surface area contributed by atoms with Gasteiger partial charge in [0.1, 0.15) is 6.54 Å². The molecule has 0 aromatic heterocycles. The van der Waals surface area contributed by atoms with Gasteiger partial charge in [-0.05, 0) is 58.0 Å². The van der Waals surface area contributed by atoms with Gasteiger partial charge in [-0.1, -0.05) is 12.8 Å². The number of rotatable bonds is 8. The Hall–Kier alpha value is -2.29. The Morgan fingerprint density at radius 3 is 2.48 bits per heavy atom. The largest absolute Gasteiger partial charge is 0.357 e. The molecule has 0 atom stereocenters. The van der Waals surface area contributed by atoms with Crippen molar-refractivity contribution in [3.05, 3.63) is 29.6 Å². The number of hydrogen-bond donors (Lipinski definition) is 3. The van der Waals surface area contributed by atoms with Gasteiger partial charge >= 0.3 is 0 Å². The molecule has 6 nitrogen and oxygen atoms in total. The second kappa shape index (κ2) is 12.3. The topological polar surface area (TPSA) is 68.8 Å². The molecule has 0 spiro atoms. The number of nitrogens with zero attached hydrogens (tertiary/aromatic N) is 2. The van der Waals surface area contributed by atoms with E-state index >= 15 is 0 Å². The lowest BCUT2D eigenvalue weighted by atomic mass is 10.2. The number of benzene rings is 1. The van der Waals surface area contributed by atoms with E-state index in [2.05, 4.69) is 25.8 Å². The van der Waals surface area contributed by atoms with Crippen molar-refractivity contribution in [2.45, 2.75) is 39.0 Å². The van der Waals surface area contributed by atoms with Crippen LogP contribution in [0.15, 0.2) is 17.1 Å². The van der Waals surface area contributed by atoms with Crippen LogP contribution < -0.4 is 16.0 Å². The Morgan fingerprint density at radius 1 is 1.07 bits per heavy atom. The van der Waals surface area contributed by atoms with Crippen LogP contribution in [0, 0.1) is 17.5 Å². The van der Waals surface area contributed by atoms with Crippen LogP contribution in [0.3, 0.4) is 0 Å². The number of carbonyl (C=O) groups excluding carboxylic acids is 1. The minimum atomic E-state index is -1.62. The predicted molar refractivity (Wildman–Crippen MR) is 108 cm³/mol. The average Bonchev–Trinajstić information content (AvgIpc) is 2.98. The Labute approximate surface area is 169 Å². The van der Waals surface area contributed by atoms with Crippen LogP contribution in [0.2, 0.25) is 0 Å². The zero-order valence-corrected chi connectivity index (χ0v) is 16.9. The fraction of sp³-hybridized carbons (Fsp3) is 0.600. The summed E-state index contributed by atoms with van der Waals surface area (Å²) in [5, 5.41) is 8.41. The molecule has 0 radical (unpaired) electrons. The summed E-state index contributed by atoms with van der Waals surface area (Å²) >= 11 is 0. The molecule has 9 heteroatoms. The van der Waals surface area contributed by atoms with Crippen molar-refractivity contribution < 1.29 is 18.0 Å². The maximum absolute atomic E-state index is 13.6. The van der Waals surface area contributed by atoms with Crippen LogP contribution in [-0.4, -0.2) is 56.0 Å². The first-order valence-corrected chi connectivity index (χ1v) is 10.2. The molecule has 0 aliphatic carbocycles. The molecule has 1 fully saturated rings. The molecule has 1 heterocycles. The summed E-state index contributed by atoms with van der Waals surface area (Å²) < 4.78 is 39.8. The molecule has 2 rings (SSSR count). The number of nitrogens with one attached hydrogen (secondary N) is 3. The highest BCUT2D eigenvalue weighted by Crippen LogP contribution is 2.19. The van der Waals surface area contributed by atoms with E-state index in [4.69, 9.17) is 0 Å². The first kappa shape index (κ1) is 23.0. The van der Waals surface area contributed by atoms with Gasteiger partial charge in [0.25, 0.3) is 0 Å². The van der Waals surface area contributed by atoms with Crippen LogP contribution in [0.5, 0.6) is 0 Å². The van der Waals surface area contributed by atoms with Gasteiger partial charge in [-0.15, -0.1) is 0 Å². The summed E-state index contributed by atoms with van der Waals surface area (Å²) in [5.74, 6) is -4.51.